The average Bonchev–Trinajstić information content (AvgIpc) is 3.09. The van der Waals surface area contributed by atoms with Crippen molar-refractivity contribution in [1.29, 1.82) is 0 Å². The van der Waals surface area contributed by atoms with Crippen LogP contribution < -0.4 is 9.47 Å². The predicted molar refractivity (Wildman–Crippen MR) is 190 cm³/mol. The average molecular weight is 806 g/mol. The summed E-state index contributed by atoms with van der Waals surface area (Å²) in [7, 11) is 5.75. The van der Waals surface area contributed by atoms with Crippen LogP contribution in [0.1, 0.15) is 37.8 Å². The fraction of sp³-hybridized carbons (Fsp3) is 0.188. The summed E-state index contributed by atoms with van der Waals surface area (Å²) in [5.41, 5.74) is 2.23. The summed E-state index contributed by atoms with van der Waals surface area (Å²) in [5.74, 6) is -0.317. The number of carbonyl (C=O) groups is 2. The lowest BCUT2D eigenvalue weighted by atomic mass is 9.92. The number of alkyl halides is 3. The lowest BCUT2D eigenvalue weighted by molar-refractivity contribution is 0.0555. The molecule has 47 heavy (non-hydrogen) atoms. The second-order valence-corrected chi connectivity index (χ2v) is 13.2. The quantitative estimate of drug-likeness (QED) is 0.0898. The second-order valence-electron chi connectivity index (χ2n) is 8.97. The van der Waals surface area contributed by atoms with E-state index < -0.39 is 15.7 Å². The molecule has 0 aromatic heterocycles. The molecule has 0 radical (unpaired) electrons. The lowest BCUT2D eigenvalue weighted by Crippen LogP contribution is -2.18. The summed E-state index contributed by atoms with van der Waals surface area (Å²) < 4.78 is 17.9. The Labute approximate surface area is 312 Å². The van der Waals surface area contributed by atoms with Gasteiger partial charge in [0.15, 0.2) is 5.75 Å². The minimum absolute atomic E-state index is 0.00904. The molecule has 0 amide bonds. The smallest absolute Gasteiger partial charge is 0.338 e. The first-order chi connectivity index (χ1) is 22.1. The minimum atomic E-state index is -1.46. The Morgan fingerprint density at radius 2 is 0.894 bits per heavy atom. The SMILES string of the molecule is COC(=O)c1ccccc1C(=O)OC.COc1ccc(C(c2ccc(OC)cc2)C(Cl)(Cl)Cl)cc1.Oc1c(Cl)c(Cl)c(Cl)c(Cl)c1Cl. The molecule has 0 aliphatic heterocycles. The first-order valence-corrected chi connectivity index (χ1v) is 16.0. The van der Waals surface area contributed by atoms with Crippen LogP contribution in [0.5, 0.6) is 17.2 Å². The number of hydrogen-bond donors (Lipinski definition) is 1. The number of benzene rings is 4. The van der Waals surface area contributed by atoms with Gasteiger partial charge in [-0.1, -0.05) is 129 Å². The molecule has 0 atom stereocenters. The van der Waals surface area contributed by atoms with Crippen molar-refractivity contribution in [3.63, 3.8) is 0 Å². The van der Waals surface area contributed by atoms with Crippen LogP contribution in [0.15, 0.2) is 72.8 Å². The van der Waals surface area contributed by atoms with Gasteiger partial charge in [0.1, 0.15) is 21.5 Å². The van der Waals surface area contributed by atoms with E-state index in [0.717, 1.165) is 22.6 Å². The topological polar surface area (TPSA) is 91.3 Å². The highest BCUT2D eigenvalue weighted by molar-refractivity contribution is 6.68. The van der Waals surface area contributed by atoms with Crippen molar-refractivity contribution in [2.24, 2.45) is 0 Å². The van der Waals surface area contributed by atoms with Gasteiger partial charge in [0.25, 0.3) is 0 Å². The van der Waals surface area contributed by atoms with Gasteiger partial charge in [-0.15, -0.1) is 0 Å². The fourth-order valence-corrected chi connectivity index (χ4v) is 5.70. The zero-order chi connectivity index (χ0) is 35.5. The number of phenols is 1. The third kappa shape index (κ3) is 11.0. The number of aromatic hydroxyl groups is 1. The Morgan fingerprint density at radius 1 is 0.574 bits per heavy atom. The van der Waals surface area contributed by atoms with Gasteiger partial charge in [-0.3, -0.25) is 0 Å². The van der Waals surface area contributed by atoms with Gasteiger partial charge in [-0.25, -0.2) is 9.59 Å². The maximum atomic E-state index is 11.2. The van der Waals surface area contributed by atoms with Crippen molar-refractivity contribution >= 4 is 105 Å². The molecule has 0 spiro atoms. The molecule has 0 aliphatic rings. The van der Waals surface area contributed by atoms with Crippen LogP contribution in [0, 0.1) is 0 Å². The molecule has 4 rings (SSSR count). The minimum Gasteiger partial charge on any atom is -0.505 e. The van der Waals surface area contributed by atoms with Crippen molar-refractivity contribution in [2.75, 3.05) is 28.4 Å². The molecule has 4 aromatic rings. The third-order valence-electron chi connectivity index (χ3n) is 6.15. The van der Waals surface area contributed by atoms with E-state index in [-0.39, 0.29) is 47.9 Å². The van der Waals surface area contributed by atoms with Crippen LogP contribution in [0.4, 0.5) is 0 Å². The Balaban J connectivity index is 0.000000258. The van der Waals surface area contributed by atoms with Gasteiger partial charge in [-0.05, 0) is 47.5 Å². The highest BCUT2D eigenvalue weighted by Gasteiger charge is 2.35. The molecule has 1 N–H and O–H groups in total. The van der Waals surface area contributed by atoms with Crippen LogP contribution in [0.25, 0.3) is 0 Å². The standard InChI is InChI=1S/C16H15Cl3O2.C10H10O4.C6HCl5O/c1-20-13-7-3-11(4-8-13)15(16(17,18)19)12-5-9-14(21-2)10-6-12;1-13-9(11)7-5-3-4-6-8(7)10(12)14-2;7-1-2(8)4(10)6(12)5(11)3(1)9/h3-10,15H,1-2H3;3-6H,1-2H3;12H. The number of halogens is 8. The third-order valence-corrected chi connectivity index (χ3v) is 9.06. The fourth-order valence-electron chi connectivity index (χ4n) is 3.82. The molecule has 0 unspecified atom stereocenters. The highest BCUT2D eigenvalue weighted by atomic mass is 35.6. The molecule has 15 heteroatoms. The largest absolute Gasteiger partial charge is 0.505 e. The lowest BCUT2D eigenvalue weighted by Gasteiger charge is -2.25. The first kappa shape index (κ1) is 40.7. The van der Waals surface area contributed by atoms with Gasteiger partial charge < -0.3 is 24.1 Å². The number of esters is 2. The maximum Gasteiger partial charge on any atom is 0.338 e. The summed E-state index contributed by atoms with van der Waals surface area (Å²) >= 11 is 46.5. The van der Waals surface area contributed by atoms with Crippen LogP contribution >= 0.6 is 92.8 Å². The Bertz CT molecular complexity index is 1470. The second kappa shape index (κ2) is 18.9. The monoisotopic (exact) mass is 802 g/mol. The summed E-state index contributed by atoms with van der Waals surface area (Å²) in [5, 5.41) is 9.01. The molecule has 252 valence electrons. The van der Waals surface area contributed by atoms with Crippen molar-refractivity contribution in [1.82, 2.24) is 0 Å². The van der Waals surface area contributed by atoms with E-state index in [1.807, 2.05) is 48.5 Å². The van der Waals surface area contributed by atoms with Crippen LogP contribution in [-0.2, 0) is 9.47 Å². The Hall–Kier alpha value is -2.46. The van der Waals surface area contributed by atoms with E-state index in [1.54, 1.807) is 26.4 Å². The summed E-state index contributed by atoms with van der Waals surface area (Å²) in [4.78, 5) is 22.4. The van der Waals surface area contributed by atoms with Crippen LogP contribution in [0.3, 0.4) is 0 Å². The zero-order valence-corrected chi connectivity index (χ0v) is 31.0. The van der Waals surface area contributed by atoms with Crippen molar-refractivity contribution in [3.8, 4) is 17.2 Å². The van der Waals surface area contributed by atoms with Crippen molar-refractivity contribution in [3.05, 3.63) is 120 Å². The van der Waals surface area contributed by atoms with E-state index in [4.69, 9.17) is 102 Å². The van der Waals surface area contributed by atoms with Crippen molar-refractivity contribution in [2.45, 2.75) is 9.71 Å². The molecular weight excluding hydrogens is 780 g/mol. The molecular formula is C32H26Cl8O7. The van der Waals surface area contributed by atoms with E-state index in [0.29, 0.717) is 0 Å². The van der Waals surface area contributed by atoms with E-state index in [1.165, 1.54) is 26.4 Å². The van der Waals surface area contributed by atoms with Crippen LogP contribution in [0.2, 0.25) is 25.1 Å². The normalized spacial score (nSPS) is 10.6. The van der Waals surface area contributed by atoms with Crippen molar-refractivity contribution < 1.29 is 33.6 Å². The molecule has 0 saturated heterocycles. The van der Waals surface area contributed by atoms with Gasteiger partial charge in [0, 0.05) is 0 Å². The highest BCUT2D eigenvalue weighted by Crippen LogP contribution is 2.48. The van der Waals surface area contributed by atoms with Crippen LogP contribution in [-0.4, -0.2) is 49.3 Å². The molecule has 0 aliphatic carbocycles. The Morgan fingerprint density at radius 3 is 1.17 bits per heavy atom. The zero-order valence-electron chi connectivity index (χ0n) is 24.9. The molecule has 7 nitrogen and oxygen atoms in total. The first-order valence-electron chi connectivity index (χ1n) is 12.9. The number of carbonyl (C=O) groups excluding carboxylic acids is 2. The molecule has 0 bridgehead atoms. The summed E-state index contributed by atoms with van der Waals surface area (Å²) in [6.07, 6.45) is 0. The maximum absolute atomic E-state index is 11.2. The number of hydrogen-bond acceptors (Lipinski definition) is 7. The number of methoxy groups -OCH3 is 4. The molecule has 0 fully saturated rings. The molecule has 0 saturated carbocycles. The molecule has 0 heterocycles. The van der Waals surface area contributed by atoms with E-state index in [2.05, 4.69) is 9.47 Å². The predicted octanol–water partition coefficient (Wildman–Crippen LogP) is 11.1. The van der Waals surface area contributed by atoms with E-state index >= 15 is 0 Å². The summed E-state index contributed by atoms with van der Waals surface area (Å²) in [6.45, 7) is 0. The van der Waals surface area contributed by atoms with Gasteiger partial charge in [-0.2, -0.15) is 0 Å². The van der Waals surface area contributed by atoms with Gasteiger partial charge in [0.2, 0.25) is 3.79 Å². The summed E-state index contributed by atoms with van der Waals surface area (Å²) in [6, 6.07) is 21.3. The number of phenolic OH excluding ortho intramolecular Hbond substituents is 1. The Kier molecular flexibility index (Phi) is 16.4. The number of rotatable bonds is 6. The molecule has 4 aromatic carbocycles. The van der Waals surface area contributed by atoms with Gasteiger partial charge >= 0.3 is 11.9 Å². The van der Waals surface area contributed by atoms with Gasteiger partial charge in [0.05, 0.1) is 60.6 Å². The number of ether oxygens (including phenoxy) is 4. The van der Waals surface area contributed by atoms with E-state index in [9.17, 15) is 14.7 Å².